The summed E-state index contributed by atoms with van der Waals surface area (Å²) in [7, 11) is 0. The molecule has 0 bridgehead atoms. The Morgan fingerprint density at radius 3 is 2.67 bits per heavy atom. The molecule has 1 heterocycles. The zero-order valence-corrected chi connectivity index (χ0v) is 10.2. The van der Waals surface area contributed by atoms with E-state index in [1.807, 2.05) is 28.9 Å². The fourth-order valence-corrected chi connectivity index (χ4v) is 2.43. The Bertz CT molecular complexity index is 541. The van der Waals surface area contributed by atoms with Crippen LogP contribution in [0, 0.1) is 0 Å². The van der Waals surface area contributed by atoms with Crippen LogP contribution in [0.3, 0.4) is 0 Å². The maximum Gasteiger partial charge on any atom is 0.170 e. The predicted octanol–water partition coefficient (Wildman–Crippen LogP) is 3.01. The largest absolute Gasteiger partial charge is 0.296 e. The average molecular weight is 240 g/mol. The van der Waals surface area contributed by atoms with E-state index in [4.69, 9.17) is 0 Å². The Hall–Kier alpha value is -1.90. The van der Waals surface area contributed by atoms with Gasteiger partial charge in [-0.15, -0.1) is 0 Å². The van der Waals surface area contributed by atoms with Gasteiger partial charge in [-0.2, -0.15) is 5.10 Å². The van der Waals surface area contributed by atoms with E-state index in [9.17, 15) is 4.79 Å². The van der Waals surface area contributed by atoms with Crippen molar-refractivity contribution in [2.45, 2.75) is 31.7 Å². The SMILES string of the molecule is O=Cc1cc(C2CCC2)n(Cc2ccccc2)n1. The van der Waals surface area contributed by atoms with E-state index in [0.29, 0.717) is 11.6 Å². The molecule has 1 fully saturated rings. The minimum atomic E-state index is 0.549. The van der Waals surface area contributed by atoms with Crippen molar-refractivity contribution in [1.29, 1.82) is 0 Å². The fourth-order valence-electron chi connectivity index (χ4n) is 2.43. The molecule has 3 heteroatoms. The van der Waals surface area contributed by atoms with Crippen molar-refractivity contribution >= 4 is 6.29 Å². The summed E-state index contributed by atoms with van der Waals surface area (Å²) in [5, 5.41) is 4.38. The molecular weight excluding hydrogens is 224 g/mol. The smallest absolute Gasteiger partial charge is 0.170 e. The number of nitrogens with zero attached hydrogens (tertiary/aromatic N) is 2. The lowest BCUT2D eigenvalue weighted by molar-refractivity contribution is 0.111. The quantitative estimate of drug-likeness (QED) is 0.770. The van der Waals surface area contributed by atoms with Crippen molar-refractivity contribution in [1.82, 2.24) is 9.78 Å². The van der Waals surface area contributed by atoms with Gasteiger partial charge in [0.1, 0.15) is 5.69 Å². The topological polar surface area (TPSA) is 34.9 Å². The van der Waals surface area contributed by atoms with Gasteiger partial charge in [-0.3, -0.25) is 9.48 Å². The highest BCUT2D eigenvalue weighted by atomic mass is 16.1. The second-order valence-electron chi connectivity index (χ2n) is 4.88. The van der Waals surface area contributed by atoms with Crippen LogP contribution >= 0.6 is 0 Å². The van der Waals surface area contributed by atoms with Crippen LogP contribution < -0.4 is 0 Å². The van der Waals surface area contributed by atoms with E-state index in [1.54, 1.807) is 0 Å². The highest BCUT2D eigenvalue weighted by Gasteiger charge is 2.24. The summed E-state index contributed by atoms with van der Waals surface area (Å²) in [4.78, 5) is 10.9. The summed E-state index contributed by atoms with van der Waals surface area (Å²) in [5.41, 5.74) is 2.98. The minimum absolute atomic E-state index is 0.549. The maximum atomic E-state index is 10.9. The van der Waals surface area contributed by atoms with Crippen LogP contribution in [0.5, 0.6) is 0 Å². The lowest BCUT2D eigenvalue weighted by Crippen LogP contribution is -2.15. The van der Waals surface area contributed by atoms with E-state index >= 15 is 0 Å². The molecule has 3 rings (SSSR count). The Labute approximate surface area is 106 Å². The third kappa shape index (κ3) is 2.08. The van der Waals surface area contributed by atoms with Crippen molar-refractivity contribution in [2.75, 3.05) is 0 Å². The summed E-state index contributed by atoms with van der Waals surface area (Å²) >= 11 is 0. The summed E-state index contributed by atoms with van der Waals surface area (Å²) < 4.78 is 1.99. The number of aromatic nitrogens is 2. The zero-order valence-electron chi connectivity index (χ0n) is 10.2. The Morgan fingerprint density at radius 1 is 1.28 bits per heavy atom. The third-order valence-corrected chi connectivity index (χ3v) is 3.65. The molecule has 0 saturated heterocycles. The summed E-state index contributed by atoms with van der Waals surface area (Å²) in [6, 6.07) is 12.2. The van der Waals surface area contributed by atoms with Gasteiger partial charge in [0.2, 0.25) is 0 Å². The maximum absolute atomic E-state index is 10.9. The van der Waals surface area contributed by atoms with Gasteiger partial charge in [0.05, 0.1) is 6.54 Å². The standard InChI is InChI=1S/C15H16N2O/c18-11-14-9-15(13-7-4-8-13)17(16-14)10-12-5-2-1-3-6-12/h1-3,5-6,9,11,13H,4,7-8,10H2. The molecule has 2 aromatic rings. The van der Waals surface area contributed by atoms with E-state index in [-0.39, 0.29) is 0 Å². The molecule has 0 spiro atoms. The number of benzene rings is 1. The normalized spacial score (nSPS) is 15.3. The molecule has 0 unspecified atom stereocenters. The fraction of sp³-hybridized carbons (Fsp3) is 0.333. The third-order valence-electron chi connectivity index (χ3n) is 3.65. The molecule has 1 aliphatic carbocycles. The monoisotopic (exact) mass is 240 g/mol. The molecule has 1 aromatic heterocycles. The van der Waals surface area contributed by atoms with Crippen LogP contribution in [-0.2, 0) is 6.54 Å². The molecule has 1 saturated carbocycles. The molecule has 18 heavy (non-hydrogen) atoms. The van der Waals surface area contributed by atoms with Crippen LogP contribution in [0.4, 0.5) is 0 Å². The molecule has 0 radical (unpaired) electrons. The molecule has 0 atom stereocenters. The molecule has 0 N–H and O–H groups in total. The van der Waals surface area contributed by atoms with Crippen molar-refractivity contribution in [2.24, 2.45) is 0 Å². The van der Waals surface area contributed by atoms with Gasteiger partial charge in [0.25, 0.3) is 0 Å². The van der Waals surface area contributed by atoms with E-state index < -0.39 is 0 Å². The minimum Gasteiger partial charge on any atom is -0.296 e. The molecule has 0 aliphatic heterocycles. The van der Waals surface area contributed by atoms with E-state index in [0.717, 1.165) is 12.8 Å². The van der Waals surface area contributed by atoms with Crippen LogP contribution in [0.1, 0.15) is 46.9 Å². The highest BCUT2D eigenvalue weighted by Crippen LogP contribution is 2.36. The first-order valence-corrected chi connectivity index (χ1v) is 6.43. The highest BCUT2D eigenvalue weighted by molar-refractivity contribution is 5.71. The van der Waals surface area contributed by atoms with Gasteiger partial charge in [-0.05, 0) is 24.5 Å². The number of carbonyl (C=O) groups excluding carboxylic acids is 1. The van der Waals surface area contributed by atoms with Crippen molar-refractivity contribution in [3.05, 3.63) is 53.3 Å². The first-order chi connectivity index (χ1) is 8.86. The van der Waals surface area contributed by atoms with Gasteiger partial charge in [0, 0.05) is 11.6 Å². The first kappa shape index (κ1) is 11.2. The van der Waals surface area contributed by atoms with Gasteiger partial charge in [-0.1, -0.05) is 36.8 Å². The Balaban J connectivity index is 1.90. The number of carbonyl (C=O) groups is 1. The average Bonchev–Trinajstić information content (AvgIpc) is 2.72. The lowest BCUT2D eigenvalue weighted by atomic mass is 9.83. The Kier molecular flexibility index (Phi) is 2.97. The van der Waals surface area contributed by atoms with Crippen LogP contribution in [0.2, 0.25) is 0 Å². The molecule has 3 nitrogen and oxygen atoms in total. The molecule has 1 aliphatic rings. The summed E-state index contributed by atoms with van der Waals surface area (Å²) in [6.07, 6.45) is 4.57. The van der Waals surface area contributed by atoms with Gasteiger partial charge >= 0.3 is 0 Å². The summed E-state index contributed by atoms with van der Waals surface area (Å²) in [5.74, 6) is 0.593. The predicted molar refractivity (Wildman–Crippen MR) is 69.8 cm³/mol. The number of aldehydes is 1. The molecule has 0 amide bonds. The van der Waals surface area contributed by atoms with Gasteiger partial charge in [0.15, 0.2) is 6.29 Å². The van der Waals surface area contributed by atoms with E-state index in [1.165, 1.54) is 30.5 Å². The zero-order chi connectivity index (χ0) is 12.4. The van der Waals surface area contributed by atoms with Crippen LogP contribution in [0.25, 0.3) is 0 Å². The van der Waals surface area contributed by atoms with E-state index in [2.05, 4.69) is 17.2 Å². The lowest BCUT2D eigenvalue weighted by Gasteiger charge is -2.26. The number of rotatable bonds is 4. The van der Waals surface area contributed by atoms with Crippen LogP contribution in [-0.4, -0.2) is 16.1 Å². The van der Waals surface area contributed by atoms with Crippen molar-refractivity contribution < 1.29 is 4.79 Å². The van der Waals surface area contributed by atoms with Gasteiger partial charge < -0.3 is 0 Å². The second-order valence-corrected chi connectivity index (χ2v) is 4.88. The Morgan fingerprint density at radius 2 is 2.06 bits per heavy atom. The summed E-state index contributed by atoms with van der Waals surface area (Å²) in [6.45, 7) is 0.751. The first-order valence-electron chi connectivity index (χ1n) is 6.43. The molecule has 92 valence electrons. The molecule has 1 aromatic carbocycles. The van der Waals surface area contributed by atoms with Crippen molar-refractivity contribution in [3.8, 4) is 0 Å². The van der Waals surface area contributed by atoms with Crippen molar-refractivity contribution in [3.63, 3.8) is 0 Å². The second kappa shape index (κ2) is 4.77. The number of hydrogen-bond donors (Lipinski definition) is 0. The number of hydrogen-bond acceptors (Lipinski definition) is 2. The van der Waals surface area contributed by atoms with Crippen LogP contribution in [0.15, 0.2) is 36.4 Å². The molecular formula is C15H16N2O. The van der Waals surface area contributed by atoms with Gasteiger partial charge in [-0.25, -0.2) is 0 Å².